The van der Waals surface area contributed by atoms with Crippen molar-refractivity contribution in [3.8, 4) is 11.5 Å². The van der Waals surface area contributed by atoms with Gasteiger partial charge in [-0.15, -0.1) is 0 Å². The van der Waals surface area contributed by atoms with Gasteiger partial charge in [0.05, 0.1) is 25.8 Å². The van der Waals surface area contributed by atoms with Crippen molar-refractivity contribution in [3.05, 3.63) is 42.0 Å². The van der Waals surface area contributed by atoms with Crippen LogP contribution in [0.15, 0.2) is 36.4 Å². The highest BCUT2D eigenvalue weighted by Gasteiger charge is 2.36. The summed E-state index contributed by atoms with van der Waals surface area (Å²) in [7, 11) is 3.10. The van der Waals surface area contributed by atoms with E-state index in [0.29, 0.717) is 28.6 Å². The van der Waals surface area contributed by atoms with Gasteiger partial charge in [-0.3, -0.25) is 9.59 Å². The third kappa shape index (κ3) is 3.97. The molecule has 1 fully saturated rings. The van der Waals surface area contributed by atoms with E-state index in [1.54, 1.807) is 36.3 Å². The number of nitrogen functional groups attached to an aromatic ring is 1. The van der Waals surface area contributed by atoms with E-state index in [2.05, 4.69) is 5.32 Å². The van der Waals surface area contributed by atoms with Crippen molar-refractivity contribution < 1.29 is 19.1 Å². The van der Waals surface area contributed by atoms with Gasteiger partial charge in [-0.05, 0) is 42.8 Å². The number of hydrogen-bond donors (Lipinski definition) is 2. The van der Waals surface area contributed by atoms with Gasteiger partial charge in [-0.1, -0.05) is 0 Å². The van der Waals surface area contributed by atoms with Crippen LogP contribution in [0.25, 0.3) is 0 Å². The summed E-state index contributed by atoms with van der Waals surface area (Å²) >= 11 is 0. The standard InChI is InChI=1S/C20H23N3O4/c1-12-6-14(21)9-15(7-12)22-20(25)13-8-19(24)23(11-13)17-5-4-16(26-2)10-18(17)27-3/h4-7,9-10,13H,8,11,21H2,1-3H3,(H,22,25). The molecule has 1 atom stereocenters. The highest BCUT2D eigenvalue weighted by molar-refractivity contribution is 6.04. The van der Waals surface area contributed by atoms with Crippen LogP contribution in [0, 0.1) is 12.8 Å². The molecule has 1 aliphatic rings. The van der Waals surface area contributed by atoms with Crippen molar-refractivity contribution in [2.75, 3.05) is 36.7 Å². The Labute approximate surface area is 158 Å². The molecule has 3 rings (SSSR count). The van der Waals surface area contributed by atoms with Gasteiger partial charge in [0.2, 0.25) is 11.8 Å². The molecule has 0 saturated carbocycles. The Morgan fingerprint density at radius 2 is 1.96 bits per heavy atom. The molecule has 0 radical (unpaired) electrons. The minimum Gasteiger partial charge on any atom is -0.497 e. The predicted molar refractivity (Wildman–Crippen MR) is 104 cm³/mol. The molecule has 0 aliphatic carbocycles. The Morgan fingerprint density at radius 3 is 2.63 bits per heavy atom. The maximum atomic E-state index is 12.6. The Kier molecular flexibility index (Phi) is 5.21. The highest BCUT2D eigenvalue weighted by Crippen LogP contribution is 2.36. The fourth-order valence-corrected chi connectivity index (χ4v) is 3.25. The van der Waals surface area contributed by atoms with E-state index >= 15 is 0 Å². The molecule has 1 aliphatic heterocycles. The van der Waals surface area contributed by atoms with Gasteiger partial charge in [-0.2, -0.15) is 0 Å². The monoisotopic (exact) mass is 369 g/mol. The molecule has 7 heteroatoms. The van der Waals surface area contributed by atoms with Crippen molar-refractivity contribution in [1.82, 2.24) is 0 Å². The van der Waals surface area contributed by atoms with Crippen LogP contribution in [-0.2, 0) is 9.59 Å². The number of benzene rings is 2. The Balaban J connectivity index is 1.76. The second-order valence-electron chi connectivity index (χ2n) is 6.56. The summed E-state index contributed by atoms with van der Waals surface area (Å²) in [6.07, 6.45) is 0.141. The molecule has 1 saturated heterocycles. The molecule has 0 spiro atoms. The lowest BCUT2D eigenvalue weighted by Gasteiger charge is -2.20. The molecule has 7 nitrogen and oxygen atoms in total. The normalized spacial score (nSPS) is 16.3. The maximum absolute atomic E-state index is 12.6. The maximum Gasteiger partial charge on any atom is 0.229 e. The van der Waals surface area contributed by atoms with Crippen molar-refractivity contribution in [2.45, 2.75) is 13.3 Å². The van der Waals surface area contributed by atoms with Gasteiger partial charge in [0.15, 0.2) is 0 Å². The number of carbonyl (C=O) groups excluding carboxylic acids is 2. The largest absolute Gasteiger partial charge is 0.497 e. The molecule has 2 aromatic carbocycles. The van der Waals surface area contributed by atoms with Crippen LogP contribution in [0.2, 0.25) is 0 Å². The third-order valence-corrected chi connectivity index (χ3v) is 4.54. The number of methoxy groups -OCH3 is 2. The van der Waals surface area contributed by atoms with Crippen LogP contribution in [0.4, 0.5) is 17.1 Å². The second-order valence-corrected chi connectivity index (χ2v) is 6.56. The Bertz CT molecular complexity index is 861. The molecular weight excluding hydrogens is 346 g/mol. The number of amides is 2. The van der Waals surface area contributed by atoms with Crippen LogP contribution in [0.3, 0.4) is 0 Å². The van der Waals surface area contributed by atoms with Crippen molar-refractivity contribution in [2.24, 2.45) is 5.92 Å². The summed E-state index contributed by atoms with van der Waals surface area (Å²) in [5, 5.41) is 2.86. The van der Waals surface area contributed by atoms with E-state index in [1.807, 2.05) is 19.1 Å². The van der Waals surface area contributed by atoms with Gasteiger partial charge >= 0.3 is 0 Å². The lowest BCUT2D eigenvalue weighted by atomic mass is 10.1. The number of rotatable bonds is 5. The van der Waals surface area contributed by atoms with Crippen LogP contribution in [0.1, 0.15) is 12.0 Å². The smallest absolute Gasteiger partial charge is 0.229 e. The molecule has 2 aromatic rings. The number of nitrogens with two attached hydrogens (primary N) is 1. The minimum atomic E-state index is -0.453. The zero-order valence-corrected chi connectivity index (χ0v) is 15.6. The van der Waals surface area contributed by atoms with E-state index in [9.17, 15) is 9.59 Å². The number of ether oxygens (including phenoxy) is 2. The molecular formula is C20H23N3O4. The van der Waals surface area contributed by atoms with Gasteiger partial charge < -0.3 is 25.4 Å². The van der Waals surface area contributed by atoms with Gasteiger partial charge in [0.25, 0.3) is 0 Å². The Morgan fingerprint density at radius 1 is 1.19 bits per heavy atom. The lowest BCUT2D eigenvalue weighted by molar-refractivity contribution is -0.122. The molecule has 2 amide bonds. The van der Waals surface area contributed by atoms with Crippen molar-refractivity contribution >= 4 is 28.9 Å². The third-order valence-electron chi connectivity index (χ3n) is 4.54. The summed E-state index contributed by atoms with van der Waals surface area (Å²) < 4.78 is 10.6. The van der Waals surface area contributed by atoms with Gasteiger partial charge in [0.1, 0.15) is 11.5 Å². The number of aryl methyl sites for hydroxylation is 1. The summed E-state index contributed by atoms with van der Waals surface area (Å²) in [5.41, 5.74) is 8.62. The van der Waals surface area contributed by atoms with Gasteiger partial charge in [0, 0.05) is 30.4 Å². The number of hydrogen-bond acceptors (Lipinski definition) is 5. The average molecular weight is 369 g/mol. The summed E-state index contributed by atoms with van der Waals surface area (Å²) in [6, 6.07) is 10.6. The zero-order valence-electron chi connectivity index (χ0n) is 15.6. The predicted octanol–water partition coefficient (Wildman–Crippen LogP) is 2.59. The summed E-state index contributed by atoms with van der Waals surface area (Å²) in [4.78, 5) is 26.7. The lowest BCUT2D eigenvalue weighted by Crippen LogP contribution is -2.28. The molecule has 1 heterocycles. The first-order valence-electron chi connectivity index (χ1n) is 8.61. The SMILES string of the molecule is COc1ccc(N2CC(C(=O)Nc3cc(C)cc(N)c3)CC2=O)c(OC)c1. The number of nitrogens with zero attached hydrogens (tertiary/aromatic N) is 1. The topological polar surface area (TPSA) is 93.9 Å². The minimum absolute atomic E-state index is 0.123. The van der Waals surface area contributed by atoms with Crippen LogP contribution in [0.5, 0.6) is 11.5 Å². The summed E-state index contributed by atoms with van der Waals surface area (Å²) in [6.45, 7) is 2.19. The average Bonchev–Trinajstić information content (AvgIpc) is 3.02. The fourth-order valence-electron chi connectivity index (χ4n) is 3.25. The number of nitrogens with one attached hydrogen (secondary N) is 1. The number of carbonyl (C=O) groups is 2. The van der Waals surface area contributed by atoms with E-state index in [1.165, 1.54) is 7.11 Å². The van der Waals surface area contributed by atoms with E-state index in [4.69, 9.17) is 15.2 Å². The first-order chi connectivity index (χ1) is 12.9. The van der Waals surface area contributed by atoms with Gasteiger partial charge in [-0.25, -0.2) is 0 Å². The first kappa shape index (κ1) is 18.6. The van der Waals surface area contributed by atoms with E-state index in [0.717, 1.165) is 5.56 Å². The van der Waals surface area contributed by atoms with E-state index in [-0.39, 0.29) is 24.8 Å². The summed E-state index contributed by atoms with van der Waals surface area (Å²) in [5.74, 6) is 0.375. The van der Waals surface area contributed by atoms with Crippen LogP contribution >= 0.6 is 0 Å². The molecule has 142 valence electrons. The van der Waals surface area contributed by atoms with Crippen LogP contribution in [-0.4, -0.2) is 32.6 Å². The first-order valence-corrected chi connectivity index (χ1v) is 8.61. The zero-order chi connectivity index (χ0) is 19.6. The molecule has 1 unspecified atom stereocenters. The quantitative estimate of drug-likeness (QED) is 0.790. The van der Waals surface area contributed by atoms with Crippen LogP contribution < -0.4 is 25.4 Å². The fraction of sp³-hybridized carbons (Fsp3) is 0.300. The molecule has 3 N–H and O–H groups in total. The molecule has 0 bridgehead atoms. The number of anilines is 3. The van der Waals surface area contributed by atoms with E-state index < -0.39 is 5.92 Å². The Hall–Kier alpha value is -3.22. The van der Waals surface area contributed by atoms with Crippen molar-refractivity contribution in [3.63, 3.8) is 0 Å². The molecule has 0 aromatic heterocycles. The van der Waals surface area contributed by atoms with Crippen molar-refractivity contribution in [1.29, 1.82) is 0 Å². The second kappa shape index (κ2) is 7.57. The molecule has 27 heavy (non-hydrogen) atoms. The highest BCUT2D eigenvalue weighted by atomic mass is 16.5.